The van der Waals surface area contributed by atoms with E-state index in [-0.39, 0.29) is 6.04 Å². The Kier molecular flexibility index (Phi) is 8.55. The van der Waals surface area contributed by atoms with Crippen LogP contribution in [0.1, 0.15) is 45.0 Å². The number of hydrogen-bond donors (Lipinski definition) is 0. The van der Waals surface area contributed by atoms with E-state index in [1.807, 2.05) is 0 Å². The quantitative estimate of drug-likeness (QED) is 0.149. The van der Waals surface area contributed by atoms with Gasteiger partial charge in [-0.1, -0.05) is 200 Å². The van der Waals surface area contributed by atoms with Gasteiger partial charge >= 0.3 is 0 Å². The minimum Gasteiger partial charge on any atom is -0.364 e. The maximum absolute atomic E-state index is 2.41. The normalized spacial score (nSPS) is 14.5. The van der Waals surface area contributed by atoms with E-state index in [1.54, 1.807) is 0 Å². The molecule has 7 aromatic carbocycles. The first-order chi connectivity index (χ1) is 24.7. The molecule has 0 fully saturated rings. The van der Waals surface area contributed by atoms with Crippen LogP contribution in [0.2, 0.25) is 0 Å². The maximum Gasteiger partial charge on any atom is 0.0732 e. The monoisotopic (exact) mass is 641 g/mol. The Morgan fingerprint density at radius 1 is 0.380 bits per heavy atom. The van der Waals surface area contributed by atoms with E-state index in [4.69, 9.17) is 0 Å². The van der Waals surface area contributed by atoms with Crippen LogP contribution < -0.4 is 0 Å². The molecular formula is C49H39N. The van der Waals surface area contributed by atoms with Crippen LogP contribution in [-0.4, -0.2) is 11.9 Å². The molecule has 0 spiro atoms. The van der Waals surface area contributed by atoms with Gasteiger partial charge in [-0.05, 0) is 67.8 Å². The number of nitrogens with zero attached hydrogens (tertiary/aromatic N) is 1. The molecule has 0 radical (unpaired) electrons. The largest absolute Gasteiger partial charge is 0.364 e. The summed E-state index contributed by atoms with van der Waals surface area (Å²) in [5.41, 5.74) is 13.0. The van der Waals surface area contributed by atoms with Gasteiger partial charge in [0.25, 0.3) is 0 Å². The van der Waals surface area contributed by atoms with Crippen molar-refractivity contribution in [2.45, 2.75) is 11.5 Å². The average molecular weight is 642 g/mol. The minimum absolute atomic E-state index is 0.0757. The number of likely N-dealkylation sites (N-methyl/N-ethyl adjacent to an activating group) is 1. The number of allylic oxidation sites excluding steroid dienone is 2. The highest BCUT2D eigenvalue weighted by molar-refractivity contribution is 5.86. The molecule has 1 atom stereocenters. The lowest BCUT2D eigenvalue weighted by molar-refractivity contribution is 0.413. The van der Waals surface area contributed by atoms with E-state index < -0.39 is 5.41 Å². The van der Waals surface area contributed by atoms with Crippen LogP contribution in [0.25, 0.3) is 22.4 Å². The fourth-order valence-corrected chi connectivity index (χ4v) is 7.60. The van der Waals surface area contributed by atoms with Crippen molar-refractivity contribution in [3.05, 3.63) is 251 Å². The van der Waals surface area contributed by atoms with E-state index in [2.05, 4.69) is 224 Å². The summed E-state index contributed by atoms with van der Waals surface area (Å²) in [6.07, 6.45) is 4.76. The van der Waals surface area contributed by atoms with Crippen LogP contribution >= 0.6 is 0 Å². The molecular weight excluding hydrogens is 603 g/mol. The van der Waals surface area contributed by atoms with Crippen molar-refractivity contribution in [3.63, 3.8) is 0 Å². The van der Waals surface area contributed by atoms with Gasteiger partial charge in [-0.3, -0.25) is 0 Å². The lowest BCUT2D eigenvalue weighted by Crippen LogP contribution is -2.31. The Labute approximate surface area is 296 Å². The lowest BCUT2D eigenvalue weighted by Gasteiger charge is -2.37. The Bertz CT molecular complexity index is 2120. The zero-order chi connectivity index (χ0) is 33.8. The molecule has 1 heterocycles. The van der Waals surface area contributed by atoms with Gasteiger partial charge in [-0.25, -0.2) is 0 Å². The zero-order valence-electron chi connectivity index (χ0n) is 28.2. The van der Waals surface area contributed by atoms with Crippen molar-refractivity contribution in [1.82, 2.24) is 4.90 Å². The summed E-state index contributed by atoms with van der Waals surface area (Å²) in [6.45, 7) is 0. The zero-order valence-corrected chi connectivity index (χ0v) is 28.2. The summed E-state index contributed by atoms with van der Waals surface area (Å²) in [4.78, 5) is 2.40. The summed E-state index contributed by atoms with van der Waals surface area (Å²) in [7, 11) is 2.21. The molecule has 240 valence electrons. The van der Waals surface area contributed by atoms with Gasteiger partial charge in [-0.15, -0.1) is 0 Å². The fourth-order valence-electron chi connectivity index (χ4n) is 7.60. The predicted molar refractivity (Wildman–Crippen MR) is 210 cm³/mol. The lowest BCUT2D eigenvalue weighted by atomic mass is 9.65. The number of benzene rings is 7. The highest BCUT2D eigenvalue weighted by Gasteiger charge is 2.38. The topological polar surface area (TPSA) is 3.24 Å². The van der Waals surface area contributed by atoms with Crippen LogP contribution in [0, 0.1) is 0 Å². The van der Waals surface area contributed by atoms with Crippen molar-refractivity contribution >= 4 is 11.3 Å². The highest BCUT2D eigenvalue weighted by atomic mass is 15.1. The van der Waals surface area contributed by atoms with E-state index >= 15 is 0 Å². The molecule has 0 N–H and O–H groups in total. The Balaban J connectivity index is 1.25. The first-order valence-electron chi connectivity index (χ1n) is 17.4. The second-order valence-corrected chi connectivity index (χ2v) is 13.0. The third-order valence-electron chi connectivity index (χ3n) is 10.1. The molecule has 1 heteroatoms. The standard InChI is InChI=1S/C49H39N/c1-50-47(40-19-9-3-10-20-40)35-42(36-48(50)41-29-27-38(28-30-41)37-17-7-2-8-18-37)39-31-33-46(34-32-39)49(43-21-11-4-12-22-43,44-23-13-5-14-24-44)45-25-15-6-16-26-45/h2-36,48H,1H3. The van der Waals surface area contributed by atoms with E-state index in [0.29, 0.717) is 0 Å². The summed E-state index contributed by atoms with van der Waals surface area (Å²) in [5, 5.41) is 0. The van der Waals surface area contributed by atoms with Gasteiger partial charge in [0.15, 0.2) is 0 Å². The summed E-state index contributed by atoms with van der Waals surface area (Å²) >= 11 is 0. The van der Waals surface area contributed by atoms with Crippen molar-refractivity contribution in [2.75, 3.05) is 7.05 Å². The maximum atomic E-state index is 2.41. The minimum atomic E-state index is -0.475. The van der Waals surface area contributed by atoms with Crippen LogP contribution in [-0.2, 0) is 5.41 Å². The van der Waals surface area contributed by atoms with Crippen molar-refractivity contribution in [3.8, 4) is 11.1 Å². The SMILES string of the molecule is CN1C(c2ccccc2)=CC(c2ccc(C(c3ccccc3)(c3ccccc3)c3ccccc3)cc2)=CC1c1ccc(-c2ccccc2)cc1. The summed E-state index contributed by atoms with van der Waals surface area (Å²) < 4.78 is 0. The average Bonchev–Trinajstić information content (AvgIpc) is 3.21. The van der Waals surface area contributed by atoms with Crippen LogP contribution in [0.4, 0.5) is 0 Å². The highest BCUT2D eigenvalue weighted by Crippen LogP contribution is 2.46. The van der Waals surface area contributed by atoms with E-state index in [1.165, 1.54) is 61.3 Å². The van der Waals surface area contributed by atoms with E-state index in [0.717, 1.165) is 0 Å². The van der Waals surface area contributed by atoms with Gasteiger partial charge < -0.3 is 4.90 Å². The van der Waals surface area contributed by atoms with Gasteiger partial charge in [-0.2, -0.15) is 0 Å². The molecule has 1 aliphatic rings. The molecule has 7 aromatic rings. The van der Waals surface area contributed by atoms with Crippen molar-refractivity contribution in [1.29, 1.82) is 0 Å². The molecule has 0 aliphatic carbocycles. The van der Waals surface area contributed by atoms with Crippen molar-refractivity contribution in [2.24, 2.45) is 0 Å². The molecule has 0 saturated heterocycles. The molecule has 1 unspecified atom stereocenters. The Morgan fingerprint density at radius 3 is 1.24 bits per heavy atom. The van der Waals surface area contributed by atoms with E-state index in [9.17, 15) is 0 Å². The van der Waals surface area contributed by atoms with Crippen molar-refractivity contribution < 1.29 is 0 Å². The third kappa shape index (κ3) is 5.78. The van der Waals surface area contributed by atoms with Crippen LogP contribution in [0.5, 0.6) is 0 Å². The Hall–Kier alpha value is -6.18. The smallest absolute Gasteiger partial charge is 0.0732 e. The summed E-state index contributed by atoms with van der Waals surface area (Å²) in [6, 6.07) is 72.5. The van der Waals surface area contributed by atoms with Gasteiger partial charge in [0.1, 0.15) is 0 Å². The molecule has 8 rings (SSSR count). The number of hydrogen-bond acceptors (Lipinski definition) is 1. The molecule has 0 bridgehead atoms. The van der Waals surface area contributed by atoms with Gasteiger partial charge in [0.05, 0.1) is 11.5 Å². The molecule has 0 saturated carbocycles. The molecule has 50 heavy (non-hydrogen) atoms. The second kappa shape index (κ2) is 13.7. The predicted octanol–water partition coefficient (Wildman–Crippen LogP) is 11.8. The third-order valence-corrected chi connectivity index (χ3v) is 10.1. The first kappa shape index (κ1) is 31.1. The number of rotatable bonds is 8. The van der Waals surface area contributed by atoms with Crippen LogP contribution in [0.3, 0.4) is 0 Å². The van der Waals surface area contributed by atoms with Gasteiger partial charge in [0, 0.05) is 12.7 Å². The first-order valence-corrected chi connectivity index (χ1v) is 17.4. The molecule has 1 nitrogen and oxygen atoms in total. The Morgan fingerprint density at radius 2 is 0.760 bits per heavy atom. The van der Waals surface area contributed by atoms with Gasteiger partial charge in [0.2, 0.25) is 0 Å². The fraction of sp³-hybridized carbons (Fsp3) is 0.0612. The summed E-state index contributed by atoms with van der Waals surface area (Å²) in [5.74, 6) is 0. The van der Waals surface area contributed by atoms with Crippen LogP contribution in [0.15, 0.2) is 212 Å². The molecule has 0 amide bonds. The molecule has 0 aromatic heterocycles. The molecule has 1 aliphatic heterocycles. The second-order valence-electron chi connectivity index (χ2n) is 13.0.